The molecule has 0 radical (unpaired) electrons. The van der Waals surface area contributed by atoms with Gasteiger partial charge in [0.15, 0.2) is 0 Å². The molecule has 1 aliphatic rings. The number of rotatable bonds is 6. The number of hydrogen-bond donors (Lipinski definition) is 0. The summed E-state index contributed by atoms with van der Waals surface area (Å²) in [5.41, 5.74) is 2.10. The summed E-state index contributed by atoms with van der Waals surface area (Å²) in [7, 11) is 0. The number of nitrogens with zero attached hydrogens (tertiary/aromatic N) is 4. The van der Waals surface area contributed by atoms with Gasteiger partial charge in [0.2, 0.25) is 0 Å². The first-order valence-electron chi connectivity index (χ1n) is 9.95. The molecule has 0 saturated heterocycles. The van der Waals surface area contributed by atoms with Gasteiger partial charge in [-0.1, -0.05) is 6.58 Å². The van der Waals surface area contributed by atoms with E-state index in [9.17, 15) is 18.0 Å². The Morgan fingerprint density at radius 1 is 1.13 bits per heavy atom. The number of hydrazone groups is 1. The van der Waals surface area contributed by atoms with Gasteiger partial charge in [0.05, 0.1) is 17.1 Å². The number of carbonyl (C=O) groups is 1. The molecule has 0 aliphatic carbocycles. The van der Waals surface area contributed by atoms with Crippen LogP contribution in [0.4, 0.5) is 13.2 Å². The van der Waals surface area contributed by atoms with Crippen LogP contribution in [-0.2, 0) is 11.3 Å². The second-order valence-electron chi connectivity index (χ2n) is 7.55. The summed E-state index contributed by atoms with van der Waals surface area (Å²) in [5.74, 6) is -1.36. The van der Waals surface area contributed by atoms with Crippen LogP contribution in [0.25, 0.3) is 11.0 Å². The van der Waals surface area contributed by atoms with Crippen molar-refractivity contribution in [1.82, 2.24) is 14.6 Å². The molecule has 4 rings (SSSR count). The highest BCUT2D eigenvalue weighted by atomic mass is 19.1. The van der Waals surface area contributed by atoms with Crippen LogP contribution in [0.3, 0.4) is 0 Å². The highest BCUT2D eigenvalue weighted by molar-refractivity contribution is 5.94. The van der Waals surface area contributed by atoms with Crippen LogP contribution in [0.1, 0.15) is 36.7 Å². The van der Waals surface area contributed by atoms with Gasteiger partial charge in [-0.15, -0.1) is 0 Å². The molecule has 0 bridgehead atoms. The second-order valence-corrected chi connectivity index (χ2v) is 7.55. The summed E-state index contributed by atoms with van der Waals surface area (Å²) in [5, 5.41) is 5.32. The second kappa shape index (κ2) is 8.37. The minimum absolute atomic E-state index is 0.333. The normalized spacial score (nSPS) is 15.7. The Morgan fingerprint density at radius 3 is 2.61 bits per heavy atom. The Hall–Kier alpha value is -3.42. The van der Waals surface area contributed by atoms with E-state index in [1.807, 2.05) is 11.5 Å². The smallest absolute Gasteiger partial charge is 0.269 e. The summed E-state index contributed by atoms with van der Waals surface area (Å²) < 4.78 is 42.7. The molecule has 160 valence electrons. The van der Waals surface area contributed by atoms with Crippen molar-refractivity contribution in [2.75, 3.05) is 0 Å². The van der Waals surface area contributed by atoms with Crippen molar-refractivity contribution in [2.45, 2.75) is 38.8 Å². The van der Waals surface area contributed by atoms with Crippen molar-refractivity contribution < 1.29 is 18.0 Å². The lowest BCUT2D eigenvalue weighted by atomic mass is 10.0. The first kappa shape index (κ1) is 20.8. The van der Waals surface area contributed by atoms with E-state index in [-0.39, 0.29) is 11.7 Å². The SMILES string of the molecule is C=C(CCCn1c(C)nc2ccc(F)cc21)C(=O)N1N=CCC1c1cc(F)cc(F)c1. The molecule has 1 unspecified atom stereocenters. The van der Waals surface area contributed by atoms with E-state index in [1.165, 1.54) is 29.3 Å². The summed E-state index contributed by atoms with van der Waals surface area (Å²) in [6.07, 6.45) is 2.90. The highest BCUT2D eigenvalue weighted by Crippen LogP contribution is 2.31. The number of fused-ring (bicyclic) bond motifs is 1. The lowest BCUT2D eigenvalue weighted by Gasteiger charge is -2.23. The number of hydrogen-bond acceptors (Lipinski definition) is 3. The zero-order valence-electron chi connectivity index (χ0n) is 17.0. The van der Waals surface area contributed by atoms with Crippen LogP contribution in [0.15, 0.2) is 53.7 Å². The molecule has 0 saturated carbocycles. The molecule has 1 aliphatic heterocycles. The standard InChI is InChI=1S/C23H21F3N4O/c1-14(4-3-9-29-15(2)28-20-6-5-17(24)13-22(20)29)23(31)30-21(7-8-27-30)16-10-18(25)12-19(26)11-16/h5-6,8,10-13,21H,1,3-4,7,9H2,2H3. The number of carbonyl (C=O) groups excluding carboxylic acids is 1. The lowest BCUT2D eigenvalue weighted by molar-refractivity contribution is -0.129. The maximum absolute atomic E-state index is 13.6. The van der Waals surface area contributed by atoms with Gasteiger partial charge in [0.25, 0.3) is 5.91 Å². The number of halogens is 3. The van der Waals surface area contributed by atoms with E-state index < -0.39 is 17.7 Å². The quantitative estimate of drug-likeness (QED) is 0.518. The third-order valence-corrected chi connectivity index (χ3v) is 5.37. The van der Waals surface area contributed by atoms with Gasteiger partial charge < -0.3 is 4.57 Å². The molecule has 8 heteroatoms. The molecular weight excluding hydrogens is 405 g/mol. The number of aromatic nitrogens is 2. The summed E-state index contributed by atoms with van der Waals surface area (Å²) in [4.78, 5) is 17.3. The Morgan fingerprint density at radius 2 is 1.87 bits per heavy atom. The molecule has 1 atom stereocenters. The molecular formula is C23H21F3N4O. The molecule has 1 aromatic heterocycles. The van der Waals surface area contributed by atoms with Crippen LogP contribution in [0.2, 0.25) is 0 Å². The van der Waals surface area contributed by atoms with Crippen LogP contribution in [0, 0.1) is 24.4 Å². The average Bonchev–Trinajstić information content (AvgIpc) is 3.31. The zero-order valence-corrected chi connectivity index (χ0v) is 17.0. The minimum atomic E-state index is -0.701. The molecule has 1 amide bonds. The van der Waals surface area contributed by atoms with Crippen LogP contribution in [-0.4, -0.2) is 26.7 Å². The molecule has 3 aromatic rings. The Kier molecular flexibility index (Phi) is 5.63. The third kappa shape index (κ3) is 4.23. The van der Waals surface area contributed by atoms with E-state index in [0.717, 1.165) is 11.9 Å². The van der Waals surface area contributed by atoms with Gasteiger partial charge in [-0.3, -0.25) is 4.79 Å². The Bertz CT molecular complexity index is 1180. The maximum atomic E-state index is 13.6. The van der Waals surface area contributed by atoms with Crippen molar-refractivity contribution in [2.24, 2.45) is 5.10 Å². The Labute approximate surface area is 177 Å². The topological polar surface area (TPSA) is 50.5 Å². The van der Waals surface area contributed by atoms with Crippen molar-refractivity contribution in [3.63, 3.8) is 0 Å². The van der Waals surface area contributed by atoms with Gasteiger partial charge in [-0.25, -0.2) is 23.2 Å². The molecule has 2 aromatic carbocycles. The highest BCUT2D eigenvalue weighted by Gasteiger charge is 2.30. The molecule has 0 N–H and O–H groups in total. The van der Waals surface area contributed by atoms with Gasteiger partial charge in [-0.2, -0.15) is 5.10 Å². The van der Waals surface area contributed by atoms with Gasteiger partial charge in [0.1, 0.15) is 23.3 Å². The van der Waals surface area contributed by atoms with Crippen molar-refractivity contribution in [3.05, 3.63) is 77.4 Å². The van der Waals surface area contributed by atoms with Gasteiger partial charge in [-0.05, 0) is 55.7 Å². The minimum Gasteiger partial charge on any atom is -0.328 e. The van der Waals surface area contributed by atoms with Crippen molar-refractivity contribution >= 4 is 23.2 Å². The lowest BCUT2D eigenvalue weighted by Crippen LogP contribution is -2.28. The first-order chi connectivity index (χ1) is 14.8. The van der Waals surface area contributed by atoms with Gasteiger partial charge >= 0.3 is 0 Å². The number of benzene rings is 2. The van der Waals surface area contributed by atoms with E-state index >= 15 is 0 Å². The van der Waals surface area contributed by atoms with Gasteiger partial charge in [0, 0.05) is 30.8 Å². The largest absolute Gasteiger partial charge is 0.328 e. The summed E-state index contributed by atoms with van der Waals surface area (Å²) in [6, 6.07) is 7.08. The number of imidazole rings is 1. The van der Waals surface area contributed by atoms with E-state index in [4.69, 9.17) is 0 Å². The van der Waals surface area contributed by atoms with Crippen LogP contribution >= 0.6 is 0 Å². The molecule has 31 heavy (non-hydrogen) atoms. The van der Waals surface area contributed by atoms with Crippen molar-refractivity contribution in [3.8, 4) is 0 Å². The zero-order chi connectivity index (χ0) is 22.1. The molecule has 2 heterocycles. The third-order valence-electron chi connectivity index (χ3n) is 5.37. The monoisotopic (exact) mass is 426 g/mol. The maximum Gasteiger partial charge on any atom is 0.269 e. The predicted octanol–water partition coefficient (Wildman–Crippen LogP) is 5.06. The summed E-state index contributed by atoms with van der Waals surface area (Å²) >= 11 is 0. The van der Waals surface area contributed by atoms with E-state index in [0.29, 0.717) is 48.0 Å². The van der Waals surface area contributed by atoms with Crippen LogP contribution < -0.4 is 0 Å². The van der Waals surface area contributed by atoms with E-state index in [2.05, 4.69) is 16.7 Å². The average molecular weight is 426 g/mol. The van der Waals surface area contributed by atoms with Crippen molar-refractivity contribution in [1.29, 1.82) is 0 Å². The summed E-state index contributed by atoms with van der Waals surface area (Å²) in [6.45, 7) is 6.27. The first-order valence-corrected chi connectivity index (χ1v) is 9.95. The predicted molar refractivity (Wildman–Crippen MR) is 112 cm³/mol. The number of amides is 1. The molecule has 0 spiro atoms. The van der Waals surface area contributed by atoms with Crippen LogP contribution in [0.5, 0.6) is 0 Å². The fourth-order valence-corrected chi connectivity index (χ4v) is 3.87. The fourth-order valence-electron chi connectivity index (χ4n) is 3.87. The Balaban J connectivity index is 1.42. The molecule has 0 fully saturated rings. The molecule has 5 nitrogen and oxygen atoms in total. The van der Waals surface area contributed by atoms with E-state index in [1.54, 1.807) is 12.3 Å². The number of aryl methyl sites for hydroxylation is 2. The fraction of sp³-hybridized carbons (Fsp3) is 0.261.